The van der Waals surface area contributed by atoms with Crippen LogP contribution >= 0.6 is 0 Å². The highest BCUT2D eigenvalue weighted by Gasteiger charge is 2.15. The maximum atomic E-state index is 12.4. The fourth-order valence-corrected chi connectivity index (χ4v) is 1.96. The summed E-state index contributed by atoms with van der Waals surface area (Å²) in [5, 5.41) is 0. The molecular weight excluding hydrogens is 250 g/mol. The maximum absolute atomic E-state index is 12.4. The van der Waals surface area contributed by atoms with Crippen molar-refractivity contribution in [2.45, 2.75) is 20.0 Å². The molecule has 2 N–H and O–H groups in total. The van der Waals surface area contributed by atoms with Gasteiger partial charge in [0.25, 0.3) is 5.91 Å². The molecule has 1 aromatic carbocycles. The molecular formula is C16H19N3O. The Kier molecular flexibility index (Phi) is 4.85. The Morgan fingerprint density at radius 3 is 2.45 bits per heavy atom. The molecule has 0 atom stereocenters. The molecule has 2 aromatic rings. The van der Waals surface area contributed by atoms with Crippen LogP contribution in [0.1, 0.15) is 28.5 Å². The van der Waals surface area contributed by atoms with Crippen molar-refractivity contribution in [3.63, 3.8) is 0 Å². The first-order chi connectivity index (χ1) is 9.74. The highest BCUT2D eigenvalue weighted by molar-refractivity contribution is 5.92. The van der Waals surface area contributed by atoms with Crippen LogP contribution in [0.25, 0.3) is 0 Å². The van der Waals surface area contributed by atoms with Gasteiger partial charge in [-0.05, 0) is 24.1 Å². The van der Waals surface area contributed by atoms with Gasteiger partial charge in [0.15, 0.2) is 0 Å². The van der Waals surface area contributed by atoms with Crippen LogP contribution in [0.15, 0.2) is 48.7 Å². The zero-order valence-corrected chi connectivity index (χ0v) is 11.6. The number of nitrogens with two attached hydrogens (primary N) is 1. The summed E-state index contributed by atoms with van der Waals surface area (Å²) in [6, 6.07) is 13.5. The monoisotopic (exact) mass is 269 g/mol. The quantitative estimate of drug-likeness (QED) is 0.905. The zero-order chi connectivity index (χ0) is 14.4. The van der Waals surface area contributed by atoms with E-state index in [9.17, 15) is 4.79 Å². The summed E-state index contributed by atoms with van der Waals surface area (Å²) in [5.74, 6) is -0.0556. The first-order valence-electron chi connectivity index (χ1n) is 6.72. The summed E-state index contributed by atoms with van der Waals surface area (Å²) >= 11 is 0. The standard InChI is InChI=1S/C16H19N3O/c1-2-19(12-13-6-4-3-5-7-13)16(20)15-9-8-14(10-17)11-18-15/h3-9,11H,2,10,12,17H2,1H3. The predicted octanol–water partition coefficient (Wildman–Crippen LogP) is 2.20. The first kappa shape index (κ1) is 14.2. The average molecular weight is 269 g/mol. The van der Waals surface area contributed by atoms with Crippen LogP contribution in [-0.4, -0.2) is 22.3 Å². The third kappa shape index (κ3) is 3.42. The van der Waals surface area contributed by atoms with Gasteiger partial charge in [-0.3, -0.25) is 9.78 Å². The molecule has 0 spiro atoms. The minimum atomic E-state index is -0.0556. The van der Waals surface area contributed by atoms with E-state index in [-0.39, 0.29) is 5.91 Å². The van der Waals surface area contributed by atoms with Gasteiger partial charge in [-0.1, -0.05) is 36.4 Å². The van der Waals surface area contributed by atoms with Crippen LogP contribution < -0.4 is 5.73 Å². The maximum Gasteiger partial charge on any atom is 0.272 e. The first-order valence-corrected chi connectivity index (χ1v) is 6.72. The van der Waals surface area contributed by atoms with E-state index in [2.05, 4.69) is 4.98 Å². The van der Waals surface area contributed by atoms with Gasteiger partial charge in [0, 0.05) is 25.8 Å². The smallest absolute Gasteiger partial charge is 0.272 e. The van der Waals surface area contributed by atoms with Crippen molar-refractivity contribution >= 4 is 5.91 Å². The average Bonchev–Trinajstić information content (AvgIpc) is 2.53. The molecule has 20 heavy (non-hydrogen) atoms. The van der Waals surface area contributed by atoms with E-state index in [4.69, 9.17) is 5.73 Å². The van der Waals surface area contributed by atoms with E-state index in [0.29, 0.717) is 25.3 Å². The molecule has 0 aliphatic rings. The third-order valence-electron chi connectivity index (χ3n) is 3.16. The van der Waals surface area contributed by atoms with Crippen molar-refractivity contribution in [3.05, 3.63) is 65.5 Å². The number of amides is 1. The number of nitrogens with zero attached hydrogens (tertiary/aromatic N) is 2. The summed E-state index contributed by atoms with van der Waals surface area (Å²) in [6.45, 7) is 3.64. The fourth-order valence-electron chi connectivity index (χ4n) is 1.96. The van der Waals surface area contributed by atoms with Crippen LogP contribution in [0, 0.1) is 0 Å². The van der Waals surface area contributed by atoms with Gasteiger partial charge < -0.3 is 10.6 Å². The van der Waals surface area contributed by atoms with Crippen molar-refractivity contribution in [1.82, 2.24) is 9.88 Å². The van der Waals surface area contributed by atoms with Crippen LogP contribution in [0.3, 0.4) is 0 Å². The Labute approximate surface area is 119 Å². The van der Waals surface area contributed by atoms with E-state index in [0.717, 1.165) is 11.1 Å². The number of pyridine rings is 1. The number of carbonyl (C=O) groups excluding carboxylic acids is 1. The Hall–Kier alpha value is -2.20. The number of aromatic nitrogens is 1. The van der Waals surface area contributed by atoms with Gasteiger partial charge in [0.1, 0.15) is 5.69 Å². The second-order valence-corrected chi connectivity index (χ2v) is 4.56. The second kappa shape index (κ2) is 6.82. The Balaban J connectivity index is 2.12. The number of carbonyl (C=O) groups is 1. The highest BCUT2D eigenvalue weighted by atomic mass is 16.2. The van der Waals surface area contributed by atoms with Gasteiger partial charge in [0.05, 0.1) is 0 Å². The second-order valence-electron chi connectivity index (χ2n) is 4.56. The highest BCUT2D eigenvalue weighted by Crippen LogP contribution is 2.09. The third-order valence-corrected chi connectivity index (χ3v) is 3.16. The largest absolute Gasteiger partial charge is 0.333 e. The summed E-state index contributed by atoms with van der Waals surface area (Å²) in [5.41, 5.74) is 8.02. The number of rotatable bonds is 5. The lowest BCUT2D eigenvalue weighted by atomic mass is 10.2. The van der Waals surface area contributed by atoms with Crippen LogP contribution in [0.5, 0.6) is 0 Å². The van der Waals surface area contributed by atoms with E-state index in [1.165, 1.54) is 0 Å². The molecule has 1 amide bonds. The number of hydrogen-bond donors (Lipinski definition) is 1. The summed E-state index contributed by atoms with van der Waals surface area (Å²) in [7, 11) is 0. The lowest BCUT2D eigenvalue weighted by Crippen LogP contribution is -2.31. The Morgan fingerprint density at radius 2 is 1.90 bits per heavy atom. The van der Waals surface area contributed by atoms with Crippen molar-refractivity contribution in [1.29, 1.82) is 0 Å². The minimum Gasteiger partial charge on any atom is -0.333 e. The van der Waals surface area contributed by atoms with E-state index in [1.54, 1.807) is 17.2 Å². The summed E-state index contributed by atoms with van der Waals surface area (Å²) < 4.78 is 0. The molecule has 0 aliphatic heterocycles. The van der Waals surface area contributed by atoms with E-state index >= 15 is 0 Å². The van der Waals surface area contributed by atoms with Gasteiger partial charge in [0.2, 0.25) is 0 Å². The topological polar surface area (TPSA) is 59.2 Å². The fraction of sp³-hybridized carbons (Fsp3) is 0.250. The molecule has 2 rings (SSSR count). The molecule has 0 saturated carbocycles. The van der Waals surface area contributed by atoms with Crippen LogP contribution in [0.4, 0.5) is 0 Å². The number of benzene rings is 1. The molecule has 0 aliphatic carbocycles. The molecule has 0 unspecified atom stereocenters. The van der Waals surface area contributed by atoms with Gasteiger partial charge in [-0.25, -0.2) is 0 Å². The predicted molar refractivity (Wildman–Crippen MR) is 79.0 cm³/mol. The minimum absolute atomic E-state index is 0.0556. The molecule has 0 bridgehead atoms. The van der Waals surface area contributed by atoms with Crippen LogP contribution in [0.2, 0.25) is 0 Å². The molecule has 1 aromatic heterocycles. The molecule has 0 saturated heterocycles. The Bertz CT molecular complexity index is 552. The van der Waals surface area contributed by atoms with Crippen LogP contribution in [-0.2, 0) is 13.1 Å². The zero-order valence-electron chi connectivity index (χ0n) is 11.6. The molecule has 0 radical (unpaired) electrons. The van der Waals surface area contributed by atoms with E-state index in [1.807, 2.05) is 43.3 Å². The van der Waals surface area contributed by atoms with Crippen molar-refractivity contribution in [2.75, 3.05) is 6.54 Å². The SMILES string of the molecule is CCN(Cc1ccccc1)C(=O)c1ccc(CN)cn1. The normalized spacial score (nSPS) is 10.3. The molecule has 104 valence electrons. The lowest BCUT2D eigenvalue weighted by Gasteiger charge is -2.20. The molecule has 4 heteroatoms. The summed E-state index contributed by atoms with van der Waals surface area (Å²) in [6.07, 6.45) is 1.66. The lowest BCUT2D eigenvalue weighted by molar-refractivity contribution is 0.0746. The van der Waals surface area contributed by atoms with Crippen molar-refractivity contribution < 1.29 is 4.79 Å². The van der Waals surface area contributed by atoms with Gasteiger partial charge in [-0.2, -0.15) is 0 Å². The summed E-state index contributed by atoms with van der Waals surface area (Å²) in [4.78, 5) is 18.4. The van der Waals surface area contributed by atoms with Crippen molar-refractivity contribution in [3.8, 4) is 0 Å². The molecule has 1 heterocycles. The van der Waals surface area contributed by atoms with Gasteiger partial charge in [-0.15, -0.1) is 0 Å². The Morgan fingerprint density at radius 1 is 1.15 bits per heavy atom. The molecule has 4 nitrogen and oxygen atoms in total. The van der Waals surface area contributed by atoms with Gasteiger partial charge >= 0.3 is 0 Å². The van der Waals surface area contributed by atoms with E-state index < -0.39 is 0 Å². The van der Waals surface area contributed by atoms with Crippen molar-refractivity contribution in [2.24, 2.45) is 5.73 Å². The molecule has 0 fully saturated rings. The number of hydrogen-bond acceptors (Lipinski definition) is 3.